The number of carbonyl (C=O) groups is 1. The van der Waals surface area contributed by atoms with Crippen LogP contribution in [0.15, 0.2) is 74.3 Å². The van der Waals surface area contributed by atoms with E-state index < -0.39 is 11.4 Å². The zero-order valence-electron chi connectivity index (χ0n) is 16.2. The van der Waals surface area contributed by atoms with E-state index in [9.17, 15) is 9.59 Å². The zero-order chi connectivity index (χ0) is 21.4. The van der Waals surface area contributed by atoms with Gasteiger partial charge in [0.15, 0.2) is 5.76 Å². The fourth-order valence-corrected chi connectivity index (χ4v) is 3.98. The molecule has 0 N–H and O–H groups in total. The van der Waals surface area contributed by atoms with Crippen molar-refractivity contribution in [1.29, 1.82) is 0 Å². The Labute approximate surface area is 186 Å². The molecule has 0 atom stereocenters. The summed E-state index contributed by atoms with van der Waals surface area (Å²) in [7, 11) is 0. The maximum Gasteiger partial charge on any atom is 0.343 e. The number of ether oxygens (including phenoxy) is 1. The molecule has 150 valence electrons. The summed E-state index contributed by atoms with van der Waals surface area (Å²) in [6.07, 6.45) is 0. The van der Waals surface area contributed by atoms with Gasteiger partial charge in [0, 0.05) is 10.0 Å². The third-order valence-corrected chi connectivity index (χ3v) is 5.49. The van der Waals surface area contributed by atoms with Crippen LogP contribution in [0.5, 0.6) is 5.75 Å². The second-order valence-corrected chi connectivity index (χ2v) is 8.25. The van der Waals surface area contributed by atoms with Crippen molar-refractivity contribution in [2.24, 2.45) is 0 Å². The minimum absolute atomic E-state index is 0.117. The van der Waals surface area contributed by atoms with Crippen molar-refractivity contribution in [3.63, 3.8) is 0 Å². The van der Waals surface area contributed by atoms with Crippen molar-refractivity contribution in [1.82, 2.24) is 0 Å². The molecule has 0 saturated carbocycles. The SMILES string of the molecule is Cc1cc(C)c2c(=O)c(OC(=O)c3cccc(Br)c3)c(-c3ccccc3Cl)oc2c1. The van der Waals surface area contributed by atoms with Gasteiger partial charge in [0.1, 0.15) is 5.58 Å². The average Bonchev–Trinajstić information content (AvgIpc) is 2.69. The van der Waals surface area contributed by atoms with Crippen molar-refractivity contribution in [2.45, 2.75) is 13.8 Å². The maximum absolute atomic E-state index is 13.4. The van der Waals surface area contributed by atoms with Crippen LogP contribution >= 0.6 is 27.5 Å². The number of benzene rings is 3. The molecule has 0 fully saturated rings. The molecule has 0 unspecified atom stereocenters. The third-order valence-electron chi connectivity index (χ3n) is 4.67. The van der Waals surface area contributed by atoms with Crippen molar-refractivity contribution in [3.05, 3.63) is 97.1 Å². The molecule has 0 aliphatic rings. The number of hydrogen-bond acceptors (Lipinski definition) is 4. The highest BCUT2D eigenvalue weighted by atomic mass is 79.9. The van der Waals surface area contributed by atoms with Gasteiger partial charge in [0.05, 0.1) is 16.0 Å². The highest BCUT2D eigenvalue weighted by Crippen LogP contribution is 2.36. The highest BCUT2D eigenvalue weighted by molar-refractivity contribution is 9.10. The normalized spacial score (nSPS) is 10.9. The van der Waals surface area contributed by atoms with Crippen LogP contribution in [0.1, 0.15) is 21.5 Å². The highest BCUT2D eigenvalue weighted by Gasteiger charge is 2.23. The van der Waals surface area contributed by atoms with Gasteiger partial charge in [-0.15, -0.1) is 0 Å². The van der Waals surface area contributed by atoms with Gasteiger partial charge in [0.2, 0.25) is 11.2 Å². The molecule has 0 bridgehead atoms. The maximum atomic E-state index is 13.4. The van der Waals surface area contributed by atoms with Gasteiger partial charge in [-0.2, -0.15) is 0 Å². The molecule has 1 heterocycles. The average molecular weight is 484 g/mol. The van der Waals surface area contributed by atoms with Crippen molar-refractivity contribution in [2.75, 3.05) is 0 Å². The van der Waals surface area contributed by atoms with Crippen LogP contribution in [-0.2, 0) is 0 Å². The molecule has 0 amide bonds. The molecule has 3 aromatic carbocycles. The number of fused-ring (bicyclic) bond motifs is 1. The van der Waals surface area contributed by atoms with Crippen LogP contribution in [0.4, 0.5) is 0 Å². The Morgan fingerprint density at radius 2 is 1.80 bits per heavy atom. The number of rotatable bonds is 3. The minimum atomic E-state index is -0.666. The molecule has 0 saturated heterocycles. The second-order valence-electron chi connectivity index (χ2n) is 6.92. The predicted molar refractivity (Wildman–Crippen MR) is 122 cm³/mol. The smallest absolute Gasteiger partial charge is 0.343 e. The molecule has 0 aliphatic heterocycles. The first-order valence-electron chi connectivity index (χ1n) is 9.16. The van der Waals surface area contributed by atoms with E-state index in [1.165, 1.54) is 0 Å². The van der Waals surface area contributed by atoms with Gasteiger partial charge in [-0.05, 0) is 61.4 Å². The lowest BCUT2D eigenvalue weighted by Crippen LogP contribution is -2.17. The van der Waals surface area contributed by atoms with Gasteiger partial charge in [-0.25, -0.2) is 4.79 Å². The summed E-state index contributed by atoms with van der Waals surface area (Å²) in [6, 6.07) is 17.3. The molecule has 0 spiro atoms. The van der Waals surface area contributed by atoms with Gasteiger partial charge in [-0.3, -0.25) is 4.79 Å². The number of aryl methyl sites for hydroxylation is 2. The summed E-state index contributed by atoms with van der Waals surface area (Å²) in [5.41, 5.74) is 2.45. The summed E-state index contributed by atoms with van der Waals surface area (Å²) in [4.78, 5) is 26.2. The quantitative estimate of drug-likeness (QED) is 0.304. The number of esters is 1. The zero-order valence-corrected chi connectivity index (χ0v) is 18.5. The fourth-order valence-electron chi connectivity index (χ4n) is 3.36. The Hall–Kier alpha value is -2.89. The van der Waals surface area contributed by atoms with Crippen LogP contribution in [0.3, 0.4) is 0 Å². The largest absolute Gasteiger partial charge is 0.452 e. The molecular weight excluding hydrogens is 468 g/mol. The summed E-state index contributed by atoms with van der Waals surface area (Å²) in [5, 5.41) is 0.748. The monoisotopic (exact) mass is 482 g/mol. The molecule has 1 aromatic heterocycles. The standard InChI is InChI=1S/C24H16BrClO4/c1-13-10-14(2)20-19(11-13)29-22(17-8-3-4-9-18(17)26)23(21(20)27)30-24(28)15-6-5-7-16(25)12-15/h3-12H,1-2H3. The van der Waals surface area contributed by atoms with Gasteiger partial charge in [0.25, 0.3) is 0 Å². The number of hydrogen-bond donors (Lipinski definition) is 0. The summed E-state index contributed by atoms with van der Waals surface area (Å²) < 4.78 is 12.4. The van der Waals surface area contributed by atoms with Crippen LogP contribution in [0.25, 0.3) is 22.3 Å². The van der Waals surface area contributed by atoms with E-state index in [0.29, 0.717) is 27.1 Å². The topological polar surface area (TPSA) is 56.5 Å². The predicted octanol–water partition coefficient (Wildman–Crippen LogP) is 6.71. The fraction of sp³-hybridized carbons (Fsp3) is 0.0833. The van der Waals surface area contributed by atoms with E-state index in [1.807, 2.05) is 19.9 Å². The van der Waals surface area contributed by atoms with Crippen LogP contribution < -0.4 is 10.2 Å². The molecule has 4 aromatic rings. The Balaban J connectivity index is 1.98. The summed E-state index contributed by atoms with van der Waals surface area (Å²) in [6.45, 7) is 3.74. The Bertz CT molecular complexity index is 1360. The van der Waals surface area contributed by atoms with Crippen molar-refractivity contribution in [3.8, 4) is 17.1 Å². The lowest BCUT2D eigenvalue weighted by Gasteiger charge is -2.13. The molecule has 30 heavy (non-hydrogen) atoms. The van der Waals surface area contributed by atoms with E-state index in [1.54, 1.807) is 54.6 Å². The lowest BCUT2D eigenvalue weighted by molar-refractivity contribution is 0.0731. The Morgan fingerprint density at radius 1 is 1.03 bits per heavy atom. The van der Waals surface area contributed by atoms with E-state index >= 15 is 0 Å². The second kappa shape index (κ2) is 8.09. The molecule has 0 radical (unpaired) electrons. The Morgan fingerprint density at radius 3 is 2.53 bits per heavy atom. The van der Waals surface area contributed by atoms with E-state index in [4.69, 9.17) is 20.8 Å². The van der Waals surface area contributed by atoms with Gasteiger partial charge >= 0.3 is 5.97 Å². The first-order valence-corrected chi connectivity index (χ1v) is 10.3. The lowest BCUT2D eigenvalue weighted by atomic mass is 10.0. The number of halogens is 2. The molecule has 4 nitrogen and oxygen atoms in total. The first kappa shape index (κ1) is 20.4. The van der Waals surface area contributed by atoms with Crippen LogP contribution in [-0.4, -0.2) is 5.97 Å². The third kappa shape index (κ3) is 3.78. The van der Waals surface area contributed by atoms with Crippen molar-refractivity contribution >= 4 is 44.5 Å². The van der Waals surface area contributed by atoms with E-state index in [0.717, 1.165) is 15.6 Å². The van der Waals surface area contributed by atoms with Crippen LogP contribution in [0, 0.1) is 13.8 Å². The Kier molecular flexibility index (Phi) is 5.50. The summed E-state index contributed by atoms with van der Waals surface area (Å²) in [5.74, 6) is -0.736. The van der Waals surface area contributed by atoms with Gasteiger partial charge in [-0.1, -0.05) is 51.8 Å². The molecule has 6 heteroatoms. The minimum Gasteiger partial charge on any atom is -0.452 e. The molecule has 4 rings (SSSR count). The molecule has 0 aliphatic carbocycles. The first-order chi connectivity index (χ1) is 14.3. The molecular formula is C24H16BrClO4. The van der Waals surface area contributed by atoms with Crippen molar-refractivity contribution < 1.29 is 13.9 Å². The van der Waals surface area contributed by atoms with E-state index in [2.05, 4.69) is 15.9 Å². The summed E-state index contributed by atoms with van der Waals surface area (Å²) >= 11 is 9.70. The van der Waals surface area contributed by atoms with Gasteiger partial charge < -0.3 is 9.15 Å². The van der Waals surface area contributed by atoms with E-state index in [-0.39, 0.29) is 11.5 Å². The van der Waals surface area contributed by atoms with Crippen LogP contribution in [0.2, 0.25) is 5.02 Å². The number of carbonyl (C=O) groups excluding carboxylic acids is 1.